The number of hydrogen-bond donors (Lipinski definition) is 2. The fourth-order valence-electron chi connectivity index (χ4n) is 1.78. The van der Waals surface area contributed by atoms with Crippen molar-refractivity contribution in [2.24, 2.45) is 0 Å². The molecule has 0 bridgehead atoms. The van der Waals surface area contributed by atoms with Crippen LogP contribution in [0.15, 0.2) is 52.8 Å². The van der Waals surface area contributed by atoms with E-state index in [9.17, 15) is 5.11 Å². The number of para-hydroxylation sites is 2. The molecule has 0 amide bonds. The Labute approximate surface area is 114 Å². The number of pyridine rings is 1. The summed E-state index contributed by atoms with van der Waals surface area (Å²) in [4.78, 5) is 12.0. The summed E-state index contributed by atoms with van der Waals surface area (Å²) in [6.07, 6.45) is 1.20. The highest BCUT2D eigenvalue weighted by molar-refractivity contribution is 7.99. The van der Waals surface area contributed by atoms with Crippen LogP contribution < -0.4 is 0 Å². The van der Waals surface area contributed by atoms with Crippen molar-refractivity contribution in [2.75, 3.05) is 0 Å². The minimum Gasteiger partial charge on any atom is -0.389 e. The van der Waals surface area contributed by atoms with Gasteiger partial charge in [-0.25, -0.2) is 9.97 Å². The van der Waals surface area contributed by atoms with Crippen LogP contribution in [0.1, 0.15) is 18.6 Å². The fourth-order valence-corrected chi connectivity index (χ4v) is 2.52. The van der Waals surface area contributed by atoms with Gasteiger partial charge in [-0.2, -0.15) is 0 Å². The van der Waals surface area contributed by atoms with Crippen molar-refractivity contribution >= 4 is 22.8 Å². The summed E-state index contributed by atoms with van der Waals surface area (Å²) in [5.41, 5.74) is 2.78. The van der Waals surface area contributed by atoms with Crippen molar-refractivity contribution in [1.29, 1.82) is 0 Å². The molecule has 96 valence electrons. The first kappa shape index (κ1) is 12.2. The number of aliphatic hydroxyl groups is 1. The molecule has 5 heteroatoms. The summed E-state index contributed by atoms with van der Waals surface area (Å²) in [5.74, 6) is 0. The molecular weight excluding hydrogens is 258 g/mol. The van der Waals surface area contributed by atoms with E-state index >= 15 is 0 Å². The van der Waals surface area contributed by atoms with Gasteiger partial charge in [-0.05, 0) is 42.4 Å². The molecule has 1 atom stereocenters. The third-order valence-electron chi connectivity index (χ3n) is 2.81. The summed E-state index contributed by atoms with van der Waals surface area (Å²) in [5, 5.41) is 11.1. The highest BCUT2D eigenvalue weighted by Gasteiger charge is 2.06. The number of fused-ring (bicyclic) bond motifs is 1. The molecule has 3 aromatic rings. The molecule has 2 aromatic heterocycles. The molecule has 19 heavy (non-hydrogen) atoms. The van der Waals surface area contributed by atoms with Crippen molar-refractivity contribution in [2.45, 2.75) is 23.2 Å². The standard InChI is InChI=1S/C14H13N3OS/c1-9(18)10-6-7-13(15-8-10)19-14-16-11-4-2-3-5-12(11)17-14/h2-9,18H,1H3,(H,16,17)/t9-/m1/s1. The van der Waals surface area contributed by atoms with Crippen LogP contribution in [0.2, 0.25) is 0 Å². The maximum Gasteiger partial charge on any atom is 0.172 e. The Hall–Kier alpha value is -1.85. The lowest BCUT2D eigenvalue weighted by Gasteiger charge is -2.03. The van der Waals surface area contributed by atoms with Crippen LogP contribution in [-0.4, -0.2) is 20.1 Å². The molecule has 0 saturated carbocycles. The van der Waals surface area contributed by atoms with Crippen molar-refractivity contribution < 1.29 is 5.11 Å². The van der Waals surface area contributed by atoms with Gasteiger partial charge in [-0.3, -0.25) is 0 Å². The monoisotopic (exact) mass is 271 g/mol. The van der Waals surface area contributed by atoms with E-state index in [-0.39, 0.29) is 0 Å². The summed E-state index contributed by atoms with van der Waals surface area (Å²) in [7, 11) is 0. The number of benzene rings is 1. The Morgan fingerprint density at radius 3 is 2.74 bits per heavy atom. The zero-order chi connectivity index (χ0) is 13.2. The van der Waals surface area contributed by atoms with Gasteiger partial charge in [0.05, 0.1) is 17.1 Å². The Morgan fingerprint density at radius 2 is 2.05 bits per heavy atom. The molecule has 1 aromatic carbocycles. The molecule has 0 aliphatic carbocycles. The maximum atomic E-state index is 9.43. The second-order valence-corrected chi connectivity index (χ2v) is 5.28. The van der Waals surface area contributed by atoms with Gasteiger partial charge in [-0.15, -0.1) is 0 Å². The van der Waals surface area contributed by atoms with Crippen LogP contribution in [0.3, 0.4) is 0 Å². The van der Waals surface area contributed by atoms with Gasteiger partial charge in [0.1, 0.15) is 5.03 Å². The number of nitrogens with zero attached hydrogens (tertiary/aromatic N) is 2. The molecule has 0 fully saturated rings. The van der Waals surface area contributed by atoms with Crippen molar-refractivity contribution in [3.8, 4) is 0 Å². The number of aliphatic hydroxyl groups excluding tert-OH is 1. The van der Waals surface area contributed by atoms with E-state index in [0.29, 0.717) is 0 Å². The van der Waals surface area contributed by atoms with Crippen LogP contribution in [-0.2, 0) is 0 Å². The van der Waals surface area contributed by atoms with Gasteiger partial charge in [0, 0.05) is 6.20 Å². The van der Waals surface area contributed by atoms with Crippen molar-refractivity contribution in [3.05, 3.63) is 48.2 Å². The molecule has 2 heterocycles. The normalized spacial score (nSPS) is 12.7. The van der Waals surface area contributed by atoms with Crippen LogP contribution >= 0.6 is 11.8 Å². The third kappa shape index (κ3) is 2.62. The average Bonchev–Trinajstić information content (AvgIpc) is 2.81. The predicted molar refractivity (Wildman–Crippen MR) is 75.1 cm³/mol. The van der Waals surface area contributed by atoms with E-state index < -0.39 is 6.10 Å². The number of hydrogen-bond acceptors (Lipinski definition) is 4. The lowest BCUT2D eigenvalue weighted by atomic mass is 10.2. The van der Waals surface area contributed by atoms with Gasteiger partial charge >= 0.3 is 0 Å². The summed E-state index contributed by atoms with van der Waals surface area (Å²) in [6.45, 7) is 1.73. The SMILES string of the molecule is C[C@@H](O)c1ccc(Sc2nc3ccccc3[nH]2)nc1. The van der Waals surface area contributed by atoms with Crippen LogP contribution in [0.5, 0.6) is 0 Å². The van der Waals surface area contributed by atoms with Gasteiger partial charge < -0.3 is 10.1 Å². The van der Waals surface area contributed by atoms with E-state index in [2.05, 4.69) is 15.0 Å². The molecule has 0 aliphatic heterocycles. The van der Waals surface area contributed by atoms with Crippen LogP contribution in [0.4, 0.5) is 0 Å². The van der Waals surface area contributed by atoms with E-state index in [4.69, 9.17) is 0 Å². The number of nitrogens with one attached hydrogen (secondary N) is 1. The highest BCUT2D eigenvalue weighted by atomic mass is 32.2. The number of H-pyrrole nitrogens is 1. The molecule has 0 spiro atoms. The molecular formula is C14H13N3OS. The van der Waals surface area contributed by atoms with E-state index in [1.54, 1.807) is 13.1 Å². The van der Waals surface area contributed by atoms with Gasteiger partial charge in [0.2, 0.25) is 0 Å². The molecule has 3 rings (SSSR count). The average molecular weight is 271 g/mol. The Balaban J connectivity index is 1.84. The second kappa shape index (κ2) is 5.03. The fraction of sp³-hybridized carbons (Fsp3) is 0.143. The Kier molecular flexibility index (Phi) is 3.23. The first-order valence-electron chi connectivity index (χ1n) is 5.99. The minimum atomic E-state index is -0.488. The third-order valence-corrected chi connectivity index (χ3v) is 3.65. The Morgan fingerprint density at radius 1 is 1.21 bits per heavy atom. The van der Waals surface area contributed by atoms with E-state index in [0.717, 1.165) is 26.8 Å². The first-order chi connectivity index (χ1) is 9.22. The molecule has 0 unspecified atom stereocenters. The van der Waals surface area contributed by atoms with Gasteiger partial charge in [0.25, 0.3) is 0 Å². The number of aromatic nitrogens is 3. The lowest BCUT2D eigenvalue weighted by Crippen LogP contribution is -1.92. The smallest absolute Gasteiger partial charge is 0.172 e. The molecule has 2 N–H and O–H groups in total. The summed E-state index contributed by atoms with van der Waals surface area (Å²) < 4.78 is 0. The number of imidazole rings is 1. The second-order valence-electron chi connectivity index (χ2n) is 4.27. The number of rotatable bonds is 3. The van der Waals surface area contributed by atoms with Crippen LogP contribution in [0.25, 0.3) is 11.0 Å². The molecule has 0 aliphatic rings. The Bertz CT molecular complexity index is 658. The predicted octanol–water partition coefficient (Wildman–Crippen LogP) is 3.16. The summed E-state index contributed by atoms with van der Waals surface area (Å²) >= 11 is 1.47. The van der Waals surface area contributed by atoms with Crippen LogP contribution in [0, 0.1) is 0 Å². The molecule has 0 saturated heterocycles. The summed E-state index contributed by atoms with van der Waals surface area (Å²) in [6, 6.07) is 11.7. The van der Waals surface area contributed by atoms with E-state index in [1.165, 1.54) is 11.8 Å². The van der Waals surface area contributed by atoms with Crippen molar-refractivity contribution in [3.63, 3.8) is 0 Å². The lowest BCUT2D eigenvalue weighted by molar-refractivity contribution is 0.198. The van der Waals surface area contributed by atoms with Gasteiger partial charge in [0.15, 0.2) is 5.16 Å². The maximum absolute atomic E-state index is 9.43. The molecule has 0 radical (unpaired) electrons. The first-order valence-corrected chi connectivity index (χ1v) is 6.80. The topological polar surface area (TPSA) is 61.8 Å². The van der Waals surface area contributed by atoms with Crippen molar-refractivity contribution in [1.82, 2.24) is 15.0 Å². The zero-order valence-electron chi connectivity index (χ0n) is 10.4. The highest BCUT2D eigenvalue weighted by Crippen LogP contribution is 2.26. The zero-order valence-corrected chi connectivity index (χ0v) is 11.2. The van der Waals surface area contributed by atoms with Gasteiger partial charge in [-0.1, -0.05) is 18.2 Å². The van der Waals surface area contributed by atoms with E-state index in [1.807, 2.05) is 36.4 Å². The number of aromatic amines is 1. The largest absolute Gasteiger partial charge is 0.389 e. The minimum absolute atomic E-state index is 0.488. The molecule has 4 nitrogen and oxygen atoms in total. The quantitative estimate of drug-likeness (QED) is 0.768.